The number of nitriles is 1. The SMILES string of the molecule is Cc1ccc(NC(=O)C(C#N)=Cc2ccc(SCCO)c([N+](=O)[O-])c2)c(C)c1. The van der Waals surface area contributed by atoms with Gasteiger partial charge in [0.15, 0.2) is 0 Å². The number of thioether (sulfide) groups is 1. The van der Waals surface area contributed by atoms with Crippen LogP contribution < -0.4 is 5.32 Å². The first-order valence-electron chi connectivity index (χ1n) is 8.38. The second-order valence-corrected chi connectivity index (χ2v) is 7.14. The van der Waals surface area contributed by atoms with Crippen molar-refractivity contribution in [2.45, 2.75) is 18.7 Å². The Morgan fingerprint density at radius 1 is 1.32 bits per heavy atom. The third-order valence-corrected chi connectivity index (χ3v) is 4.88. The molecule has 28 heavy (non-hydrogen) atoms. The zero-order valence-corrected chi connectivity index (χ0v) is 16.2. The van der Waals surface area contributed by atoms with E-state index in [1.165, 1.54) is 12.1 Å². The summed E-state index contributed by atoms with van der Waals surface area (Å²) in [4.78, 5) is 23.6. The predicted octanol–water partition coefficient (Wildman–Crippen LogP) is 3.84. The first kappa shape index (κ1) is 21.2. The molecule has 0 fully saturated rings. The molecular weight excluding hydrogens is 378 g/mol. The van der Waals surface area contributed by atoms with Crippen LogP contribution in [0.3, 0.4) is 0 Å². The number of nitrogens with one attached hydrogen (secondary N) is 1. The lowest BCUT2D eigenvalue weighted by Crippen LogP contribution is -2.14. The van der Waals surface area contributed by atoms with Crippen LogP contribution >= 0.6 is 11.8 Å². The van der Waals surface area contributed by atoms with E-state index in [0.717, 1.165) is 22.9 Å². The average Bonchev–Trinajstić information content (AvgIpc) is 2.66. The van der Waals surface area contributed by atoms with Crippen molar-refractivity contribution in [3.05, 3.63) is 68.8 Å². The average molecular weight is 397 g/mol. The fourth-order valence-electron chi connectivity index (χ4n) is 2.50. The summed E-state index contributed by atoms with van der Waals surface area (Å²) >= 11 is 1.16. The summed E-state index contributed by atoms with van der Waals surface area (Å²) in [5.41, 5.74) is 2.58. The van der Waals surface area contributed by atoms with E-state index in [1.807, 2.05) is 32.0 Å². The van der Waals surface area contributed by atoms with E-state index in [2.05, 4.69) is 5.32 Å². The van der Waals surface area contributed by atoms with Crippen LogP contribution in [0.15, 0.2) is 46.9 Å². The zero-order valence-electron chi connectivity index (χ0n) is 15.4. The maximum absolute atomic E-state index is 12.4. The van der Waals surface area contributed by atoms with Crippen LogP contribution in [0, 0.1) is 35.3 Å². The van der Waals surface area contributed by atoms with Gasteiger partial charge in [-0.25, -0.2) is 0 Å². The van der Waals surface area contributed by atoms with Crippen LogP contribution in [0.25, 0.3) is 6.08 Å². The Morgan fingerprint density at radius 2 is 2.07 bits per heavy atom. The van der Waals surface area contributed by atoms with E-state index in [4.69, 9.17) is 5.11 Å². The van der Waals surface area contributed by atoms with Crippen LogP contribution in [0.1, 0.15) is 16.7 Å². The summed E-state index contributed by atoms with van der Waals surface area (Å²) in [7, 11) is 0. The number of nitro groups is 1. The smallest absolute Gasteiger partial charge is 0.283 e. The zero-order chi connectivity index (χ0) is 20.7. The summed E-state index contributed by atoms with van der Waals surface area (Å²) in [6.07, 6.45) is 1.31. The number of amides is 1. The van der Waals surface area contributed by atoms with E-state index in [-0.39, 0.29) is 17.9 Å². The van der Waals surface area contributed by atoms with Crippen LogP contribution in [0.5, 0.6) is 0 Å². The minimum Gasteiger partial charge on any atom is -0.396 e. The molecule has 2 rings (SSSR count). The van der Waals surface area contributed by atoms with E-state index in [0.29, 0.717) is 21.9 Å². The van der Waals surface area contributed by atoms with Crippen LogP contribution in [0.4, 0.5) is 11.4 Å². The second kappa shape index (κ2) is 9.69. The molecule has 8 heteroatoms. The Bertz CT molecular complexity index is 980. The lowest BCUT2D eigenvalue weighted by atomic mass is 10.1. The summed E-state index contributed by atoms with van der Waals surface area (Å²) in [6, 6.07) is 11.8. The van der Waals surface area contributed by atoms with Gasteiger partial charge in [0, 0.05) is 17.5 Å². The van der Waals surface area contributed by atoms with Gasteiger partial charge in [0.25, 0.3) is 11.6 Å². The van der Waals surface area contributed by atoms with Gasteiger partial charge in [0.2, 0.25) is 0 Å². The lowest BCUT2D eigenvalue weighted by Gasteiger charge is -2.08. The third-order valence-electron chi connectivity index (χ3n) is 3.83. The van der Waals surface area contributed by atoms with Crippen LogP contribution in [-0.2, 0) is 4.79 Å². The Balaban J connectivity index is 2.30. The molecular formula is C20H19N3O4S. The fourth-order valence-corrected chi connectivity index (χ4v) is 3.26. The molecule has 2 aromatic carbocycles. The van der Waals surface area contributed by atoms with Crippen molar-refractivity contribution in [2.75, 3.05) is 17.7 Å². The molecule has 0 aliphatic carbocycles. The van der Waals surface area contributed by atoms with Gasteiger partial charge in [-0.15, -0.1) is 11.8 Å². The molecule has 0 aromatic heterocycles. The van der Waals surface area contributed by atoms with Crippen molar-refractivity contribution in [3.8, 4) is 6.07 Å². The summed E-state index contributed by atoms with van der Waals surface area (Å²) in [5.74, 6) is -0.256. The van der Waals surface area contributed by atoms with Gasteiger partial charge >= 0.3 is 0 Å². The molecule has 0 aliphatic heterocycles. The van der Waals surface area contributed by atoms with Crippen molar-refractivity contribution in [2.24, 2.45) is 0 Å². The van der Waals surface area contributed by atoms with E-state index in [9.17, 15) is 20.2 Å². The molecule has 0 unspecified atom stereocenters. The van der Waals surface area contributed by atoms with Crippen LogP contribution in [0.2, 0.25) is 0 Å². The molecule has 0 aliphatic rings. The number of carbonyl (C=O) groups is 1. The quantitative estimate of drug-likeness (QED) is 0.241. The number of rotatable bonds is 7. The lowest BCUT2D eigenvalue weighted by molar-refractivity contribution is -0.387. The number of hydrogen-bond acceptors (Lipinski definition) is 6. The molecule has 2 N–H and O–H groups in total. The van der Waals surface area contributed by atoms with Crippen molar-refractivity contribution in [1.29, 1.82) is 5.26 Å². The van der Waals surface area contributed by atoms with Crippen molar-refractivity contribution >= 4 is 35.1 Å². The Hall–Kier alpha value is -3.15. The standard InChI is InChI=1S/C20H19N3O4S/c1-13-3-5-17(14(2)9-13)22-20(25)16(12-21)10-15-4-6-19(28-8-7-24)18(11-15)23(26)27/h3-6,9-11,24H,7-8H2,1-2H3,(H,22,25). The number of aliphatic hydroxyl groups is 1. The van der Waals surface area contributed by atoms with Gasteiger partial charge < -0.3 is 10.4 Å². The summed E-state index contributed by atoms with van der Waals surface area (Å²) < 4.78 is 0. The monoisotopic (exact) mass is 397 g/mol. The molecule has 0 heterocycles. The van der Waals surface area contributed by atoms with Crippen molar-refractivity contribution in [3.63, 3.8) is 0 Å². The minimum atomic E-state index is -0.587. The molecule has 144 valence electrons. The third kappa shape index (κ3) is 5.42. The maximum Gasteiger partial charge on any atom is 0.283 e. The number of nitro benzene ring substituents is 1. The largest absolute Gasteiger partial charge is 0.396 e. The molecule has 2 aromatic rings. The number of nitrogens with zero attached hydrogens (tertiary/aromatic N) is 2. The number of benzene rings is 2. The number of aliphatic hydroxyl groups excluding tert-OH is 1. The normalized spacial score (nSPS) is 11.0. The number of carbonyl (C=O) groups excluding carboxylic acids is 1. The molecule has 0 bridgehead atoms. The molecule has 0 saturated carbocycles. The van der Waals surface area contributed by atoms with E-state index in [1.54, 1.807) is 18.2 Å². The highest BCUT2D eigenvalue weighted by atomic mass is 32.2. The Kier molecular flexibility index (Phi) is 7.32. The predicted molar refractivity (Wildman–Crippen MR) is 109 cm³/mol. The van der Waals surface area contributed by atoms with Crippen molar-refractivity contribution < 1.29 is 14.8 Å². The Morgan fingerprint density at radius 3 is 2.68 bits per heavy atom. The fraction of sp³-hybridized carbons (Fsp3) is 0.200. The molecule has 7 nitrogen and oxygen atoms in total. The topological polar surface area (TPSA) is 116 Å². The first-order chi connectivity index (χ1) is 13.3. The van der Waals surface area contributed by atoms with E-state index >= 15 is 0 Å². The number of aryl methyl sites for hydroxylation is 2. The maximum atomic E-state index is 12.4. The van der Waals surface area contributed by atoms with Gasteiger partial charge in [-0.05, 0) is 43.2 Å². The van der Waals surface area contributed by atoms with Crippen LogP contribution in [-0.4, -0.2) is 28.3 Å². The minimum absolute atomic E-state index is 0.0966. The summed E-state index contributed by atoms with van der Waals surface area (Å²) in [5, 5.41) is 32.2. The molecule has 0 atom stereocenters. The second-order valence-electron chi connectivity index (χ2n) is 6.00. The molecule has 1 amide bonds. The Labute approximate surface area is 166 Å². The van der Waals surface area contributed by atoms with Crippen molar-refractivity contribution in [1.82, 2.24) is 0 Å². The van der Waals surface area contributed by atoms with Gasteiger partial charge in [-0.1, -0.05) is 23.8 Å². The first-order valence-corrected chi connectivity index (χ1v) is 9.36. The van der Waals surface area contributed by atoms with Gasteiger partial charge in [0.05, 0.1) is 16.4 Å². The highest BCUT2D eigenvalue weighted by Crippen LogP contribution is 2.30. The highest BCUT2D eigenvalue weighted by Gasteiger charge is 2.16. The highest BCUT2D eigenvalue weighted by molar-refractivity contribution is 7.99. The summed E-state index contributed by atoms with van der Waals surface area (Å²) in [6.45, 7) is 3.69. The number of hydrogen-bond donors (Lipinski definition) is 2. The molecule has 0 radical (unpaired) electrons. The van der Waals surface area contributed by atoms with Gasteiger partial charge in [0.1, 0.15) is 11.6 Å². The van der Waals surface area contributed by atoms with E-state index < -0.39 is 10.8 Å². The molecule has 0 spiro atoms. The molecule has 0 saturated heterocycles. The number of anilines is 1. The van der Waals surface area contributed by atoms with Gasteiger partial charge in [-0.2, -0.15) is 5.26 Å². The van der Waals surface area contributed by atoms with Gasteiger partial charge in [-0.3, -0.25) is 14.9 Å².